The number of hydrogen-bond acceptors (Lipinski definition) is 8. The summed E-state index contributed by atoms with van der Waals surface area (Å²) in [5.74, 6) is 0.288. The van der Waals surface area contributed by atoms with Crippen molar-refractivity contribution in [1.82, 2.24) is 10.1 Å². The number of nitrogens with zero attached hydrogens (tertiary/aromatic N) is 3. The molecular weight excluding hydrogens is 436 g/mol. The van der Waals surface area contributed by atoms with Crippen molar-refractivity contribution in [3.8, 4) is 5.75 Å². The van der Waals surface area contributed by atoms with Gasteiger partial charge in [-0.1, -0.05) is 61.4 Å². The zero-order valence-corrected chi connectivity index (χ0v) is 19.7. The van der Waals surface area contributed by atoms with Crippen LogP contribution in [0.3, 0.4) is 0 Å². The zero-order chi connectivity index (χ0) is 24.1. The number of carbonyl (C=O) groups is 1. The third kappa shape index (κ3) is 5.43. The Balaban J connectivity index is 1.51. The lowest BCUT2D eigenvalue weighted by Crippen LogP contribution is -2.38. The molecule has 9 nitrogen and oxygen atoms in total. The molecule has 0 spiro atoms. The Morgan fingerprint density at radius 2 is 1.91 bits per heavy atom. The maximum atomic E-state index is 12.9. The summed E-state index contributed by atoms with van der Waals surface area (Å²) < 4.78 is 16.7. The molecular formula is C25H30N4O5. The van der Waals surface area contributed by atoms with Gasteiger partial charge in [-0.25, -0.2) is 0 Å². The number of fused-ring (bicyclic) bond motifs is 1. The fourth-order valence-corrected chi connectivity index (χ4v) is 3.89. The van der Waals surface area contributed by atoms with E-state index in [1.54, 1.807) is 18.2 Å². The Morgan fingerprint density at radius 3 is 2.59 bits per heavy atom. The van der Waals surface area contributed by atoms with Gasteiger partial charge in [-0.05, 0) is 17.0 Å². The van der Waals surface area contributed by atoms with Crippen molar-refractivity contribution in [2.24, 2.45) is 5.18 Å². The van der Waals surface area contributed by atoms with E-state index < -0.39 is 11.9 Å². The van der Waals surface area contributed by atoms with Gasteiger partial charge in [0.2, 0.25) is 5.88 Å². The molecule has 0 bridgehead atoms. The van der Waals surface area contributed by atoms with Crippen LogP contribution in [-0.4, -0.2) is 55.4 Å². The van der Waals surface area contributed by atoms with Crippen LogP contribution in [0.5, 0.6) is 5.75 Å². The lowest BCUT2D eigenvalue weighted by molar-refractivity contribution is -0.117. The number of aromatic nitrogens is 1. The van der Waals surface area contributed by atoms with E-state index in [9.17, 15) is 9.70 Å². The van der Waals surface area contributed by atoms with Crippen molar-refractivity contribution >= 4 is 22.6 Å². The average molecular weight is 467 g/mol. The monoisotopic (exact) mass is 466 g/mol. The number of rotatable bonds is 8. The number of nitrogens with one attached hydrogen (secondary N) is 1. The van der Waals surface area contributed by atoms with E-state index in [1.807, 2.05) is 45.0 Å². The van der Waals surface area contributed by atoms with Crippen LogP contribution >= 0.6 is 0 Å². The molecule has 2 heterocycles. The molecule has 1 unspecified atom stereocenters. The molecule has 4 rings (SSSR count). The van der Waals surface area contributed by atoms with E-state index in [0.29, 0.717) is 23.6 Å². The van der Waals surface area contributed by atoms with Gasteiger partial charge in [0.15, 0.2) is 6.04 Å². The highest BCUT2D eigenvalue weighted by Gasteiger charge is 2.27. The number of carbonyl (C=O) groups excluding carboxylic acids is 1. The van der Waals surface area contributed by atoms with Gasteiger partial charge in [0.1, 0.15) is 12.4 Å². The molecule has 1 aliphatic heterocycles. The molecule has 1 aliphatic rings. The van der Waals surface area contributed by atoms with E-state index in [-0.39, 0.29) is 11.3 Å². The van der Waals surface area contributed by atoms with E-state index >= 15 is 0 Å². The molecule has 0 radical (unpaired) electrons. The quantitative estimate of drug-likeness (QED) is 0.494. The molecule has 1 atom stereocenters. The van der Waals surface area contributed by atoms with Crippen LogP contribution in [0.1, 0.15) is 38.1 Å². The van der Waals surface area contributed by atoms with Gasteiger partial charge in [-0.15, -0.1) is 4.91 Å². The number of amides is 1. The van der Waals surface area contributed by atoms with Gasteiger partial charge in [0, 0.05) is 36.5 Å². The molecule has 34 heavy (non-hydrogen) atoms. The first-order chi connectivity index (χ1) is 16.4. The van der Waals surface area contributed by atoms with Crippen molar-refractivity contribution in [3.05, 3.63) is 58.6 Å². The van der Waals surface area contributed by atoms with Gasteiger partial charge >= 0.3 is 0 Å². The maximum absolute atomic E-state index is 12.9. The zero-order valence-electron chi connectivity index (χ0n) is 19.7. The lowest BCUT2D eigenvalue weighted by Gasteiger charge is -2.26. The Hall–Kier alpha value is -3.30. The van der Waals surface area contributed by atoms with E-state index in [1.165, 1.54) is 0 Å². The molecule has 0 saturated carbocycles. The Kier molecular flexibility index (Phi) is 7.23. The van der Waals surface area contributed by atoms with Crippen LogP contribution in [0.2, 0.25) is 0 Å². The number of ether oxygens (including phenoxy) is 2. The summed E-state index contributed by atoms with van der Waals surface area (Å²) in [4.78, 5) is 27.0. The molecule has 1 amide bonds. The second-order valence-electron chi connectivity index (χ2n) is 9.32. The molecule has 9 heteroatoms. The number of hydrogen-bond donors (Lipinski definition) is 1. The molecule has 2 aromatic carbocycles. The summed E-state index contributed by atoms with van der Waals surface area (Å²) in [5.41, 5.74) is 0.962. The van der Waals surface area contributed by atoms with Gasteiger partial charge in [0.05, 0.1) is 18.9 Å². The van der Waals surface area contributed by atoms with Crippen LogP contribution in [0.4, 0.5) is 5.88 Å². The summed E-state index contributed by atoms with van der Waals surface area (Å²) in [5, 5.41) is 11.3. The first-order valence-electron chi connectivity index (χ1n) is 11.4. The van der Waals surface area contributed by atoms with E-state index in [4.69, 9.17) is 14.0 Å². The van der Waals surface area contributed by atoms with Crippen molar-refractivity contribution in [2.75, 3.05) is 44.8 Å². The molecule has 1 N–H and O–H groups in total. The molecule has 3 aromatic rings. The summed E-state index contributed by atoms with van der Waals surface area (Å²) in [6, 6.07) is 11.4. The minimum atomic E-state index is -1.25. The summed E-state index contributed by atoms with van der Waals surface area (Å²) in [6.07, 6.45) is 0. The first kappa shape index (κ1) is 23.8. The maximum Gasteiger partial charge on any atom is 0.259 e. The first-order valence-corrected chi connectivity index (χ1v) is 11.4. The fourth-order valence-electron chi connectivity index (χ4n) is 3.89. The summed E-state index contributed by atoms with van der Waals surface area (Å²) in [6.45, 7) is 10.6. The molecule has 180 valence electrons. The highest BCUT2D eigenvalue weighted by molar-refractivity contribution is 6.00. The van der Waals surface area contributed by atoms with E-state index in [2.05, 4.69) is 20.6 Å². The molecule has 0 aliphatic carbocycles. The number of morpholine rings is 1. The predicted molar refractivity (Wildman–Crippen MR) is 129 cm³/mol. The normalized spacial score (nSPS) is 15.7. The Morgan fingerprint density at radius 1 is 1.18 bits per heavy atom. The SMILES string of the molecule is CC(C)(C)c1cc(NC(=O)C(N=O)c2ccc(OCCN3CCOCC3)c3ccccc23)on1. The van der Waals surface area contributed by atoms with Crippen LogP contribution < -0.4 is 10.1 Å². The number of anilines is 1. The minimum Gasteiger partial charge on any atom is -0.492 e. The minimum absolute atomic E-state index is 0.177. The third-order valence-corrected chi connectivity index (χ3v) is 5.86. The highest BCUT2D eigenvalue weighted by atomic mass is 16.5. The molecule has 1 saturated heterocycles. The Labute approximate surface area is 198 Å². The highest BCUT2D eigenvalue weighted by Crippen LogP contribution is 2.34. The fraction of sp³-hybridized carbons (Fsp3) is 0.440. The summed E-state index contributed by atoms with van der Waals surface area (Å²) in [7, 11) is 0. The van der Waals surface area contributed by atoms with Crippen molar-refractivity contribution in [3.63, 3.8) is 0 Å². The largest absolute Gasteiger partial charge is 0.492 e. The Bertz CT molecular complexity index is 1150. The van der Waals surface area contributed by atoms with Gasteiger partial charge in [-0.3, -0.25) is 15.0 Å². The van der Waals surface area contributed by atoms with Gasteiger partial charge < -0.3 is 14.0 Å². The van der Waals surface area contributed by atoms with Crippen LogP contribution in [0.15, 0.2) is 52.2 Å². The smallest absolute Gasteiger partial charge is 0.259 e. The molecule has 1 aromatic heterocycles. The lowest BCUT2D eigenvalue weighted by atomic mass is 9.92. The summed E-state index contributed by atoms with van der Waals surface area (Å²) >= 11 is 0. The van der Waals surface area contributed by atoms with Gasteiger partial charge in [0.25, 0.3) is 5.91 Å². The topological polar surface area (TPSA) is 106 Å². The standard InChI is InChI=1S/C25H30N4O5/c1-25(2,3)21-16-22(34-28-21)26-24(30)23(27-31)19-8-9-20(18-7-5-4-6-17(18)19)33-15-12-29-10-13-32-14-11-29/h4-9,16,23H,10-15H2,1-3H3,(H,26,30). The predicted octanol–water partition coefficient (Wildman–Crippen LogP) is 4.28. The van der Waals surface area contributed by atoms with Crippen LogP contribution in [0.25, 0.3) is 10.8 Å². The van der Waals surface area contributed by atoms with Gasteiger partial charge in [-0.2, -0.15) is 0 Å². The van der Waals surface area contributed by atoms with Crippen molar-refractivity contribution in [1.29, 1.82) is 0 Å². The second kappa shape index (κ2) is 10.3. The second-order valence-corrected chi connectivity index (χ2v) is 9.32. The van der Waals surface area contributed by atoms with Crippen molar-refractivity contribution in [2.45, 2.75) is 32.2 Å². The average Bonchev–Trinajstić information content (AvgIpc) is 3.30. The van der Waals surface area contributed by atoms with Crippen molar-refractivity contribution < 1.29 is 18.8 Å². The molecule has 1 fully saturated rings. The van der Waals surface area contributed by atoms with Crippen LogP contribution in [0, 0.1) is 4.91 Å². The van der Waals surface area contributed by atoms with E-state index in [0.717, 1.165) is 43.6 Å². The number of benzene rings is 2. The van der Waals surface area contributed by atoms with Crippen LogP contribution in [-0.2, 0) is 14.9 Å². The third-order valence-electron chi connectivity index (χ3n) is 5.86. The number of nitroso groups, excluding NO2 is 1.